The van der Waals surface area contributed by atoms with Crippen LogP contribution in [0.4, 0.5) is 0 Å². The van der Waals surface area contributed by atoms with Crippen molar-refractivity contribution in [1.29, 1.82) is 0 Å². The standard InChI is InChI=1S/C11H9ClO/c1-11(12)9-5-3-2-4-8(9)6-7-10(11)13/h2-7H,1H3. The van der Waals surface area contributed by atoms with Crippen LogP contribution in [0.1, 0.15) is 18.1 Å². The molecule has 0 radical (unpaired) electrons. The third-order valence-corrected chi connectivity index (χ3v) is 2.73. The van der Waals surface area contributed by atoms with Crippen LogP contribution in [-0.4, -0.2) is 5.78 Å². The lowest BCUT2D eigenvalue weighted by molar-refractivity contribution is -0.116. The van der Waals surface area contributed by atoms with E-state index in [-0.39, 0.29) is 5.78 Å². The first-order valence-corrected chi connectivity index (χ1v) is 4.51. The smallest absolute Gasteiger partial charge is 0.180 e. The number of benzene rings is 1. The maximum absolute atomic E-state index is 11.5. The molecule has 1 atom stereocenters. The first kappa shape index (κ1) is 8.52. The molecule has 0 saturated heterocycles. The summed E-state index contributed by atoms with van der Waals surface area (Å²) in [6, 6.07) is 7.68. The van der Waals surface area contributed by atoms with E-state index in [1.165, 1.54) is 6.08 Å². The Balaban J connectivity index is 2.68. The third-order valence-electron chi connectivity index (χ3n) is 2.34. The fraction of sp³-hybridized carbons (Fsp3) is 0.182. The molecule has 0 bridgehead atoms. The summed E-state index contributed by atoms with van der Waals surface area (Å²) >= 11 is 6.15. The maximum atomic E-state index is 11.5. The summed E-state index contributed by atoms with van der Waals surface area (Å²) in [5.41, 5.74) is 1.92. The van der Waals surface area contributed by atoms with E-state index in [9.17, 15) is 4.79 Å². The number of fused-ring (bicyclic) bond motifs is 1. The van der Waals surface area contributed by atoms with Crippen molar-refractivity contribution in [2.75, 3.05) is 0 Å². The molecule has 0 saturated carbocycles. The number of allylic oxidation sites excluding steroid dienone is 1. The van der Waals surface area contributed by atoms with Crippen LogP contribution in [-0.2, 0) is 9.67 Å². The van der Waals surface area contributed by atoms with Crippen LogP contribution in [0.5, 0.6) is 0 Å². The number of alkyl halides is 1. The Labute approximate surface area is 82.0 Å². The zero-order chi connectivity index (χ0) is 9.47. The number of ketones is 1. The van der Waals surface area contributed by atoms with Gasteiger partial charge in [0.2, 0.25) is 0 Å². The van der Waals surface area contributed by atoms with E-state index < -0.39 is 4.87 Å². The zero-order valence-corrected chi connectivity index (χ0v) is 8.01. The molecule has 0 N–H and O–H groups in total. The van der Waals surface area contributed by atoms with Crippen LogP contribution >= 0.6 is 11.6 Å². The number of hydrogen-bond acceptors (Lipinski definition) is 1. The van der Waals surface area contributed by atoms with Gasteiger partial charge in [0, 0.05) is 0 Å². The van der Waals surface area contributed by atoms with Gasteiger partial charge in [-0.25, -0.2) is 0 Å². The lowest BCUT2D eigenvalue weighted by atomic mass is 9.87. The molecule has 1 unspecified atom stereocenters. The molecule has 1 aliphatic rings. The maximum Gasteiger partial charge on any atom is 0.180 e. The van der Waals surface area contributed by atoms with E-state index in [0.717, 1.165) is 11.1 Å². The van der Waals surface area contributed by atoms with E-state index in [1.807, 2.05) is 30.3 Å². The third kappa shape index (κ3) is 1.20. The molecule has 0 fully saturated rings. The number of halogens is 1. The van der Waals surface area contributed by atoms with Crippen LogP contribution in [0.25, 0.3) is 6.08 Å². The monoisotopic (exact) mass is 192 g/mol. The topological polar surface area (TPSA) is 17.1 Å². The van der Waals surface area contributed by atoms with Crippen molar-refractivity contribution in [2.45, 2.75) is 11.8 Å². The van der Waals surface area contributed by atoms with Crippen molar-refractivity contribution in [3.05, 3.63) is 41.5 Å². The van der Waals surface area contributed by atoms with Gasteiger partial charge in [0.1, 0.15) is 4.87 Å². The van der Waals surface area contributed by atoms with Crippen molar-refractivity contribution < 1.29 is 4.79 Å². The second-order valence-electron chi connectivity index (χ2n) is 3.29. The van der Waals surface area contributed by atoms with Gasteiger partial charge in [0.05, 0.1) is 0 Å². The minimum atomic E-state index is -0.884. The van der Waals surface area contributed by atoms with Gasteiger partial charge in [-0.05, 0) is 24.1 Å². The Morgan fingerprint density at radius 3 is 2.69 bits per heavy atom. The molecule has 1 aromatic rings. The molecule has 0 heterocycles. The van der Waals surface area contributed by atoms with Crippen molar-refractivity contribution in [3.8, 4) is 0 Å². The normalized spacial score (nSPS) is 25.8. The number of rotatable bonds is 0. The summed E-state index contributed by atoms with van der Waals surface area (Å²) in [6.07, 6.45) is 3.34. The van der Waals surface area contributed by atoms with E-state index in [2.05, 4.69) is 0 Å². The molecule has 1 aromatic carbocycles. The van der Waals surface area contributed by atoms with Gasteiger partial charge < -0.3 is 0 Å². The molecule has 0 aliphatic heterocycles. The predicted molar refractivity (Wildman–Crippen MR) is 53.7 cm³/mol. The molecule has 2 rings (SSSR count). The van der Waals surface area contributed by atoms with Crippen LogP contribution in [0, 0.1) is 0 Å². The van der Waals surface area contributed by atoms with Crippen molar-refractivity contribution in [2.24, 2.45) is 0 Å². The first-order chi connectivity index (χ1) is 6.12. The number of hydrogen-bond donors (Lipinski definition) is 0. The van der Waals surface area contributed by atoms with Crippen LogP contribution in [0.3, 0.4) is 0 Å². The Kier molecular flexibility index (Phi) is 1.77. The fourth-order valence-corrected chi connectivity index (χ4v) is 1.76. The lowest BCUT2D eigenvalue weighted by Crippen LogP contribution is -2.27. The van der Waals surface area contributed by atoms with Crippen LogP contribution in [0.15, 0.2) is 30.3 Å². The van der Waals surface area contributed by atoms with Crippen molar-refractivity contribution >= 4 is 23.5 Å². The highest BCUT2D eigenvalue weighted by atomic mass is 35.5. The minimum Gasteiger partial charge on any atom is -0.292 e. The quantitative estimate of drug-likeness (QED) is 0.578. The predicted octanol–water partition coefficient (Wildman–Crippen LogP) is 2.74. The summed E-state index contributed by atoms with van der Waals surface area (Å²) in [5.74, 6) is -0.0483. The van der Waals surface area contributed by atoms with Gasteiger partial charge in [0.15, 0.2) is 5.78 Å². The molecule has 0 spiro atoms. The molecule has 1 aliphatic carbocycles. The highest BCUT2D eigenvalue weighted by Crippen LogP contribution is 2.36. The van der Waals surface area contributed by atoms with Gasteiger partial charge in [-0.15, -0.1) is 11.6 Å². The molecule has 0 aromatic heterocycles. The fourth-order valence-electron chi connectivity index (χ4n) is 1.52. The molecular weight excluding hydrogens is 184 g/mol. The molecule has 13 heavy (non-hydrogen) atoms. The Bertz CT molecular complexity index is 391. The highest BCUT2D eigenvalue weighted by molar-refractivity contribution is 6.37. The number of carbonyl (C=O) groups is 1. The summed E-state index contributed by atoms with van der Waals surface area (Å²) in [4.78, 5) is 10.6. The van der Waals surface area contributed by atoms with Gasteiger partial charge in [-0.1, -0.05) is 30.3 Å². The minimum absolute atomic E-state index is 0.0483. The van der Waals surface area contributed by atoms with E-state index in [1.54, 1.807) is 6.92 Å². The summed E-state index contributed by atoms with van der Waals surface area (Å²) in [5, 5.41) is 0. The molecular formula is C11H9ClO. The summed E-state index contributed by atoms with van der Waals surface area (Å²) in [6.45, 7) is 1.74. The van der Waals surface area contributed by atoms with Crippen molar-refractivity contribution in [1.82, 2.24) is 0 Å². The van der Waals surface area contributed by atoms with Crippen molar-refractivity contribution in [3.63, 3.8) is 0 Å². The molecule has 1 nitrogen and oxygen atoms in total. The summed E-state index contributed by atoms with van der Waals surface area (Å²) in [7, 11) is 0. The van der Waals surface area contributed by atoms with E-state index in [4.69, 9.17) is 11.6 Å². The Hall–Kier alpha value is -1.08. The van der Waals surface area contributed by atoms with Gasteiger partial charge >= 0.3 is 0 Å². The average molecular weight is 193 g/mol. The lowest BCUT2D eigenvalue weighted by Gasteiger charge is -2.24. The SMILES string of the molecule is CC1(Cl)C(=O)C=Cc2ccccc21. The summed E-state index contributed by atoms with van der Waals surface area (Å²) < 4.78 is 0. The highest BCUT2D eigenvalue weighted by Gasteiger charge is 2.34. The molecule has 2 heteroatoms. The molecule has 66 valence electrons. The number of carbonyl (C=O) groups excluding carboxylic acids is 1. The Morgan fingerprint density at radius 1 is 1.23 bits per heavy atom. The second-order valence-corrected chi connectivity index (χ2v) is 4.04. The van der Waals surface area contributed by atoms with Gasteiger partial charge in [0.25, 0.3) is 0 Å². The van der Waals surface area contributed by atoms with Gasteiger partial charge in [-0.2, -0.15) is 0 Å². The van der Waals surface area contributed by atoms with E-state index in [0.29, 0.717) is 0 Å². The Morgan fingerprint density at radius 2 is 1.92 bits per heavy atom. The largest absolute Gasteiger partial charge is 0.292 e. The van der Waals surface area contributed by atoms with Crippen LogP contribution < -0.4 is 0 Å². The average Bonchev–Trinajstić information content (AvgIpc) is 2.13. The van der Waals surface area contributed by atoms with Crippen LogP contribution in [0.2, 0.25) is 0 Å². The second kappa shape index (κ2) is 2.71. The zero-order valence-electron chi connectivity index (χ0n) is 7.25. The first-order valence-electron chi connectivity index (χ1n) is 4.13. The van der Waals surface area contributed by atoms with Gasteiger partial charge in [-0.3, -0.25) is 4.79 Å². The molecule has 0 amide bonds. The van der Waals surface area contributed by atoms with E-state index >= 15 is 0 Å².